The first-order chi connectivity index (χ1) is 14.5. The van der Waals surface area contributed by atoms with E-state index >= 15 is 0 Å². The average Bonchev–Trinajstić information content (AvgIpc) is 2.79. The van der Waals surface area contributed by atoms with E-state index in [2.05, 4.69) is 4.98 Å². The van der Waals surface area contributed by atoms with Crippen LogP contribution in [-0.2, 0) is 30.7 Å². The number of benzene rings is 1. The van der Waals surface area contributed by atoms with Crippen LogP contribution in [0.2, 0.25) is 0 Å². The third kappa shape index (κ3) is 5.72. The molecule has 1 fully saturated rings. The molecule has 0 saturated carbocycles. The zero-order valence-corrected chi connectivity index (χ0v) is 18.4. The number of rotatable bonds is 9. The second-order valence-electron chi connectivity index (χ2n) is 6.78. The summed E-state index contributed by atoms with van der Waals surface area (Å²) < 4.78 is 40.8. The number of nitrogens with zero attached hydrogens (tertiary/aromatic N) is 1. The molecular formula is C20H25ClN2O7S. The van der Waals surface area contributed by atoms with Gasteiger partial charge in [-0.05, 0) is 48.7 Å². The maximum Gasteiger partial charge on any atom is 0.265 e. The lowest BCUT2D eigenvalue weighted by atomic mass is 9.98. The molecule has 0 bridgehead atoms. The number of hydrogen-bond acceptors (Lipinski definition) is 8. The first kappa shape index (κ1) is 25.0. The number of carbonyl (C=O) groups is 1. The van der Waals surface area contributed by atoms with Crippen molar-refractivity contribution in [2.75, 3.05) is 26.4 Å². The van der Waals surface area contributed by atoms with Crippen LogP contribution in [0.1, 0.15) is 18.4 Å². The van der Waals surface area contributed by atoms with E-state index in [0.29, 0.717) is 25.6 Å². The summed E-state index contributed by atoms with van der Waals surface area (Å²) in [5, 5.41) is 9.08. The van der Waals surface area contributed by atoms with Crippen molar-refractivity contribution in [3.8, 4) is 5.75 Å². The van der Waals surface area contributed by atoms with Crippen LogP contribution in [-0.4, -0.2) is 55.7 Å². The van der Waals surface area contributed by atoms with Crippen LogP contribution in [0.25, 0.3) is 0 Å². The van der Waals surface area contributed by atoms with E-state index in [0.717, 1.165) is 5.56 Å². The quantitative estimate of drug-likeness (QED) is 0.322. The molecule has 3 rings (SSSR count). The smallest absolute Gasteiger partial charge is 0.265 e. The van der Waals surface area contributed by atoms with Gasteiger partial charge in [-0.2, -0.15) is 0 Å². The highest BCUT2D eigenvalue weighted by Gasteiger charge is 2.52. The summed E-state index contributed by atoms with van der Waals surface area (Å²) in [5.41, 5.74) is 2.46. The van der Waals surface area contributed by atoms with Crippen LogP contribution in [0.15, 0.2) is 53.7 Å². The number of hydrogen-bond donors (Lipinski definition) is 2. The first-order valence-corrected chi connectivity index (χ1v) is 10.9. The van der Waals surface area contributed by atoms with Gasteiger partial charge in [0.25, 0.3) is 5.91 Å². The fourth-order valence-electron chi connectivity index (χ4n) is 3.25. The van der Waals surface area contributed by atoms with Gasteiger partial charge >= 0.3 is 0 Å². The molecule has 9 nitrogen and oxygen atoms in total. The lowest BCUT2D eigenvalue weighted by molar-refractivity contribution is -0.134. The molecule has 0 unspecified atom stereocenters. The molecule has 2 heterocycles. The summed E-state index contributed by atoms with van der Waals surface area (Å²) in [6.45, 7) is 1.31. The van der Waals surface area contributed by atoms with Gasteiger partial charge in [0.05, 0.1) is 18.1 Å². The van der Waals surface area contributed by atoms with E-state index in [9.17, 15) is 13.2 Å². The maximum absolute atomic E-state index is 13.2. The van der Waals surface area contributed by atoms with Gasteiger partial charge in [-0.25, -0.2) is 13.9 Å². The lowest BCUT2D eigenvalue weighted by Crippen LogP contribution is -2.54. The van der Waals surface area contributed by atoms with Crippen LogP contribution >= 0.6 is 12.4 Å². The Hall–Kier alpha value is -2.24. The first-order valence-electron chi connectivity index (χ1n) is 9.46. The molecule has 1 amide bonds. The Bertz CT molecular complexity index is 934. The molecule has 1 aliphatic heterocycles. The predicted octanol–water partition coefficient (Wildman–Crippen LogP) is 1.93. The topological polar surface area (TPSA) is 124 Å². The van der Waals surface area contributed by atoms with E-state index < -0.39 is 20.5 Å². The van der Waals surface area contributed by atoms with Crippen molar-refractivity contribution >= 4 is 28.2 Å². The van der Waals surface area contributed by atoms with Gasteiger partial charge in [0.2, 0.25) is 0 Å². The molecule has 0 atom stereocenters. The highest BCUT2D eigenvalue weighted by molar-refractivity contribution is 7.93. The zero-order valence-electron chi connectivity index (χ0n) is 16.7. The van der Waals surface area contributed by atoms with E-state index in [1.54, 1.807) is 12.4 Å². The Morgan fingerprint density at radius 2 is 1.87 bits per heavy atom. The molecular weight excluding hydrogens is 448 g/mol. The summed E-state index contributed by atoms with van der Waals surface area (Å²) in [6.07, 6.45) is 3.35. The fourth-order valence-corrected chi connectivity index (χ4v) is 5.19. The SMILES string of the molecule is Cl.O=C(NO)C1(S(=O)(=O)c2ccc(OCCOCc3cccnc3)cc2)CCOCC1. The Morgan fingerprint density at radius 3 is 2.48 bits per heavy atom. The molecule has 31 heavy (non-hydrogen) atoms. The molecule has 1 aromatic heterocycles. The number of halogens is 1. The largest absolute Gasteiger partial charge is 0.491 e. The van der Waals surface area contributed by atoms with Crippen molar-refractivity contribution in [1.82, 2.24) is 10.5 Å². The second kappa shape index (κ2) is 11.4. The molecule has 2 N–H and O–H groups in total. The Kier molecular flexibility index (Phi) is 9.20. The zero-order chi connectivity index (χ0) is 21.5. The Morgan fingerprint density at radius 1 is 1.16 bits per heavy atom. The highest BCUT2D eigenvalue weighted by atomic mass is 35.5. The molecule has 0 spiro atoms. The molecule has 0 radical (unpaired) electrons. The monoisotopic (exact) mass is 472 g/mol. The van der Waals surface area contributed by atoms with Gasteiger partial charge in [0.1, 0.15) is 12.4 Å². The number of carbonyl (C=O) groups excluding carboxylic acids is 1. The van der Waals surface area contributed by atoms with Gasteiger partial charge in [-0.15, -0.1) is 12.4 Å². The molecule has 1 aliphatic rings. The summed E-state index contributed by atoms with van der Waals surface area (Å²) in [7, 11) is -4.05. The number of sulfone groups is 1. The van der Waals surface area contributed by atoms with Crippen molar-refractivity contribution in [3.63, 3.8) is 0 Å². The van der Waals surface area contributed by atoms with Crippen molar-refractivity contribution in [1.29, 1.82) is 0 Å². The average molecular weight is 473 g/mol. The molecule has 2 aromatic rings. The van der Waals surface area contributed by atoms with Crippen molar-refractivity contribution in [2.24, 2.45) is 0 Å². The van der Waals surface area contributed by atoms with E-state index in [1.165, 1.54) is 29.7 Å². The van der Waals surface area contributed by atoms with E-state index in [1.807, 2.05) is 12.1 Å². The normalized spacial score (nSPS) is 15.5. The molecule has 170 valence electrons. The molecule has 0 aliphatic carbocycles. The summed E-state index contributed by atoms with van der Waals surface area (Å²) in [6, 6.07) is 9.58. The Labute approximate surface area is 187 Å². The number of pyridine rings is 1. The molecule has 11 heteroatoms. The Balaban J connectivity index is 0.00000341. The third-order valence-corrected chi connectivity index (χ3v) is 7.47. The van der Waals surface area contributed by atoms with Crippen LogP contribution in [0, 0.1) is 0 Å². The maximum atomic E-state index is 13.2. The van der Waals surface area contributed by atoms with Crippen LogP contribution in [0.4, 0.5) is 0 Å². The van der Waals surface area contributed by atoms with Crippen LogP contribution in [0.5, 0.6) is 5.75 Å². The van der Waals surface area contributed by atoms with Gasteiger partial charge in [-0.3, -0.25) is 15.0 Å². The number of hydroxylamine groups is 1. The fraction of sp³-hybridized carbons (Fsp3) is 0.400. The third-order valence-electron chi connectivity index (χ3n) is 4.95. The van der Waals surface area contributed by atoms with Crippen molar-refractivity contribution in [3.05, 3.63) is 54.4 Å². The van der Waals surface area contributed by atoms with Crippen LogP contribution in [0.3, 0.4) is 0 Å². The molecule has 1 aromatic carbocycles. The van der Waals surface area contributed by atoms with E-state index in [4.69, 9.17) is 19.4 Å². The van der Waals surface area contributed by atoms with Gasteiger partial charge in [-0.1, -0.05) is 6.07 Å². The van der Waals surface area contributed by atoms with Crippen molar-refractivity contribution < 1.29 is 32.6 Å². The lowest BCUT2D eigenvalue weighted by Gasteiger charge is -2.34. The number of nitrogens with one attached hydrogen (secondary N) is 1. The van der Waals surface area contributed by atoms with Crippen molar-refractivity contribution in [2.45, 2.75) is 29.1 Å². The summed E-state index contributed by atoms with van der Waals surface area (Å²) in [4.78, 5) is 16.2. The van der Waals surface area contributed by atoms with Crippen LogP contribution < -0.4 is 10.2 Å². The standard InChI is InChI=1S/C20H24N2O7S.ClH/c23-19(22-24)20(7-10-27-11-8-20)30(25,26)18-5-3-17(4-6-18)29-13-12-28-15-16-2-1-9-21-14-16;/h1-6,9,14,24H,7-8,10-13,15H2,(H,22,23);1H. The number of aromatic nitrogens is 1. The van der Waals surface area contributed by atoms with Gasteiger partial charge < -0.3 is 14.2 Å². The minimum absolute atomic E-state index is 0. The number of ether oxygens (including phenoxy) is 3. The van der Waals surface area contributed by atoms with Gasteiger partial charge in [0, 0.05) is 25.6 Å². The minimum atomic E-state index is -4.05. The summed E-state index contributed by atoms with van der Waals surface area (Å²) >= 11 is 0. The minimum Gasteiger partial charge on any atom is -0.491 e. The number of amides is 1. The van der Waals surface area contributed by atoms with Gasteiger partial charge in [0.15, 0.2) is 14.6 Å². The highest BCUT2D eigenvalue weighted by Crippen LogP contribution is 2.35. The summed E-state index contributed by atoms with van der Waals surface area (Å²) in [5.74, 6) is -0.469. The van der Waals surface area contributed by atoms with E-state index in [-0.39, 0.29) is 43.4 Å². The second-order valence-corrected chi connectivity index (χ2v) is 9.04. The molecule has 1 saturated heterocycles. The predicted molar refractivity (Wildman–Crippen MR) is 113 cm³/mol.